The molecule has 0 spiro atoms. The van der Waals surface area contributed by atoms with E-state index < -0.39 is 0 Å². The number of ether oxygens (including phenoxy) is 2. The Morgan fingerprint density at radius 3 is 2.55 bits per heavy atom. The number of aromatic nitrogens is 2. The van der Waals surface area contributed by atoms with Crippen LogP contribution in [0.15, 0.2) is 18.3 Å². The number of rotatable bonds is 5. The zero-order valence-corrected chi connectivity index (χ0v) is 14.9. The topological polar surface area (TPSA) is 96.3 Å². The Kier molecular flexibility index (Phi) is 5.28. The molecule has 2 rings (SSSR count). The van der Waals surface area contributed by atoms with Gasteiger partial charge >= 0.3 is 0 Å². The van der Waals surface area contributed by atoms with E-state index >= 15 is 0 Å². The number of methoxy groups -OCH3 is 1. The van der Waals surface area contributed by atoms with E-state index in [1.165, 1.54) is 6.20 Å². The highest BCUT2D eigenvalue weighted by Crippen LogP contribution is 2.38. The SMILES string of the molecule is CCC(C)c1cc(OC)c(I)cc1Oc1cnc(N)nc1N. The maximum atomic E-state index is 5.93. The summed E-state index contributed by atoms with van der Waals surface area (Å²) in [7, 11) is 1.66. The fraction of sp³-hybridized carbons (Fsp3) is 0.333. The van der Waals surface area contributed by atoms with Gasteiger partial charge in [-0.05, 0) is 47.1 Å². The summed E-state index contributed by atoms with van der Waals surface area (Å²) in [5.74, 6) is 2.59. The lowest BCUT2D eigenvalue weighted by Gasteiger charge is -2.18. The van der Waals surface area contributed by atoms with Crippen molar-refractivity contribution in [1.82, 2.24) is 9.97 Å². The van der Waals surface area contributed by atoms with Crippen molar-refractivity contribution >= 4 is 34.4 Å². The predicted octanol–water partition coefficient (Wildman–Crippen LogP) is 3.56. The van der Waals surface area contributed by atoms with Gasteiger partial charge in [0.05, 0.1) is 16.9 Å². The van der Waals surface area contributed by atoms with Gasteiger partial charge in [0.1, 0.15) is 11.5 Å². The molecular formula is C15H19IN4O2. The zero-order valence-electron chi connectivity index (χ0n) is 12.8. The van der Waals surface area contributed by atoms with Crippen molar-refractivity contribution in [1.29, 1.82) is 0 Å². The Labute approximate surface area is 143 Å². The molecule has 1 unspecified atom stereocenters. The number of hydrogen-bond acceptors (Lipinski definition) is 6. The molecule has 1 aromatic heterocycles. The van der Waals surface area contributed by atoms with Crippen molar-refractivity contribution in [3.63, 3.8) is 0 Å². The van der Waals surface area contributed by atoms with E-state index in [1.807, 2.05) is 12.1 Å². The van der Waals surface area contributed by atoms with Crippen molar-refractivity contribution in [2.24, 2.45) is 0 Å². The lowest BCUT2D eigenvalue weighted by molar-refractivity contribution is 0.407. The van der Waals surface area contributed by atoms with Gasteiger partial charge in [0.25, 0.3) is 0 Å². The second kappa shape index (κ2) is 6.99. The van der Waals surface area contributed by atoms with Gasteiger partial charge in [0.15, 0.2) is 11.6 Å². The van der Waals surface area contributed by atoms with Crippen LogP contribution in [0.2, 0.25) is 0 Å². The average molecular weight is 414 g/mol. The van der Waals surface area contributed by atoms with Crippen molar-refractivity contribution in [3.8, 4) is 17.2 Å². The first-order chi connectivity index (χ1) is 10.5. The maximum Gasteiger partial charge on any atom is 0.222 e. The van der Waals surface area contributed by atoms with E-state index in [4.69, 9.17) is 20.9 Å². The molecule has 0 aliphatic carbocycles. The molecule has 0 saturated carbocycles. The standard InChI is InChI=1S/C15H19IN4O2/c1-4-8(2)9-5-12(21-3)10(16)6-11(9)22-13-7-19-15(18)20-14(13)17/h5-8H,4H2,1-3H3,(H4,17,18,19,20). The van der Waals surface area contributed by atoms with Gasteiger partial charge in [0, 0.05) is 5.56 Å². The van der Waals surface area contributed by atoms with E-state index in [9.17, 15) is 0 Å². The van der Waals surface area contributed by atoms with Crippen LogP contribution in [0, 0.1) is 3.57 Å². The summed E-state index contributed by atoms with van der Waals surface area (Å²) in [5, 5.41) is 0. The van der Waals surface area contributed by atoms with Crippen LogP contribution in [0.5, 0.6) is 17.2 Å². The molecule has 1 heterocycles. The van der Waals surface area contributed by atoms with Crippen LogP contribution in [-0.2, 0) is 0 Å². The summed E-state index contributed by atoms with van der Waals surface area (Å²) >= 11 is 2.21. The molecule has 1 atom stereocenters. The molecular weight excluding hydrogens is 395 g/mol. The smallest absolute Gasteiger partial charge is 0.222 e. The Bertz CT molecular complexity index is 679. The summed E-state index contributed by atoms with van der Waals surface area (Å²) in [6, 6.07) is 3.93. The van der Waals surface area contributed by atoms with Crippen LogP contribution in [0.3, 0.4) is 0 Å². The van der Waals surface area contributed by atoms with E-state index in [1.54, 1.807) is 7.11 Å². The molecule has 0 aliphatic rings. The van der Waals surface area contributed by atoms with Gasteiger partial charge in [-0.1, -0.05) is 13.8 Å². The Balaban J connectivity index is 2.46. The minimum Gasteiger partial charge on any atom is -0.496 e. The number of nitrogens with zero attached hydrogens (tertiary/aromatic N) is 2. The summed E-state index contributed by atoms with van der Waals surface area (Å²) in [6.07, 6.45) is 2.46. The molecule has 0 aliphatic heterocycles. The van der Waals surface area contributed by atoms with Crippen LogP contribution in [0.25, 0.3) is 0 Å². The number of nitrogens with two attached hydrogens (primary N) is 2. The van der Waals surface area contributed by atoms with E-state index in [2.05, 4.69) is 46.4 Å². The largest absolute Gasteiger partial charge is 0.496 e. The lowest BCUT2D eigenvalue weighted by atomic mass is 9.97. The van der Waals surface area contributed by atoms with Gasteiger partial charge in [-0.2, -0.15) is 4.98 Å². The second-order valence-corrected chi connectivity index (χ2v) is 6.08. The third-order valence-corrected chi connectivity index (χ3v) is 4.29. The third kappa shape index (κ3) is 3.52. The minimum atomic E-state index is 0.122. The predicted molar refractivity (Wildman–Crippen MR) is 95.3 cm³/mol. The summed E-state index contributed by atoms with van der Waals surface area (Å²) < 4.78 is 12.3. The summed E-state index contributed by atoms with van der Waals surface area (Å²) in [6.45, 7) is 4.26. The van der Waals surface area contributed by atoms with Crippen LogP contribution >= 0.6 is 22.6 Å². The molecule has 0 fully saturated rings. The molecule has 0 saturated heterocycles. The highest BCUT2D eigenvalue weighted by atomic mass is 127. The van der Waals surface area contributed by atoms with Crippen LogP contribution in [0.1, 0.15) is 31.7 Å². The third-order valence-electron chi connectivity index (χ3n) is 3.45. The average Bonchev–Trinajstić information content (AvgIpc) is 2.49. The van der Waals surface area contributed by atoms with Crippen molar-refractivity contribution < 1.29 is 9.47 Å². The molecule has 0 radical (unpaired) electrons. The molecule has 7 heteroatoms. The van der Waals surface area contributed by atoms with E-state index in [-0.39, 0.29) is 11.8 Å². The zero-order chi connectivity index (χ0) is 16.3. The number of nitrogen functional groups attached to an aromatic ring is 2. The fourth-order valence-corrected chi connectivity index (χ4v) is 2.65. The molecule has 22 heavy (non-hydrogen) atoms. The van der Waals surface area contributed by atoms with Gasteiger partial charge in [-0.15, -0.1) is 0 Å². The first-order valence-corrected chi connectivity index (χ1v) is 7.97. The Morgan fingerprint density at radius 2 is 1.95 bits per heavy atom. The van der Waals surface area contributed by atoms with Crippen molar-refractivity contribution in [3.05, 3.63) is 27.5 Å². The highest BCUT2D eigenvalue weighted by Gasteiger charge is 2.16. The molecule has 118 valence electrons. The minimum absolute atomic E-state index is 0.122. The number of benzene rings is 1. The normalized spacial score (nSPS) is 12.0. The highest BCUT2D eigenvalue weighted by molar-refractivity contribution is 14.1. The summed E-state index contributed by atoms with van der Waals surface area (Å²) in [5.41, 5.74) is 12.4. The monoisotopic (exact) mass is 414 g/mol. The quantitative estimate of drug-likeness (QED) is 0.727. The van der Waals surface area contributed by atoms with Crippen LogP contribution < -0.4 is 20.9 Å². The molecule has 1 aromatic carbocycles. The first-order valence-electron chi connectivity index (χ1n) is 6.89. The second-order valence-electron chi connectivity index (χ2n) is 4.91. The van der Waals surface area contributed by atoms with Gasteiger partial charge in [0.2, 0.25) is 5.95 Å². The number of hydrogen-bond donors (Lipinski definition) is 2. The molecule has 0 amide bonds. The summed E-state index contributed by atoms with van der Waals surface area (Å²) in [4.78, 5) is 7.84. The number of halogens is 1. The molecule has 0 bridgehead atoms. The number of anilines is 2. The van der Waals surface area contributed by atoms with Gasteiger partial charge in [-0.25, -0.2) is 4.98 Å². The lowest BCUT2D eigenvalue weighted by Crippen LogP contribution is -2.03. The maximum absolute atomic E-state index is 5.93. The van der Waals surface area contributed by atoms with E-state index in [0.717, 1.165) is 27.1 Å². The Hall–Kier alpha value is -1.77. The fourth-order valence-electron chi connectivity index (χ4n) is 2.00. The van der Waals surface area contributed by atoms with Crippen LogP contribution in [-0.4, -0.2) is 17.1 Å². The van der Waals surface area contributed by atoms with Crippen molar-refractivity contribution in [2.75, 3.05) is 18.6 Å². The molecule has 6 nitrogen and oxygen atoms in total. The first kappa shape index (κ1) is 16.6. The molecule has 4 N–H and O–H groups in total. The van der Waals surface area contributed by atoms with Gasteiger partial charge in [-0.3, -0.25) is 0 Å². The van der Waals surface area contributed by atoms with E-state index in [0.29, 0.717) is 11.7 Å². The van der Waals surface area contributed by atoms with Gasteiger partial charge < -0.3 is 20.9 Å². The van der Waals surface area contributed by atoms with Crippen molar-refractivity contribution in [2.45, 2.75) is 26.2 Å². The van der Waals surface area contributed by atoms with Crippen LogP contribution in [0.4, 0.5) is 11.8 Å². The Morgan fingerprint density at radius 1 is 1.23 bits per heavy atom. The molecule has 2 aromatic rings.